The Balaban J connectivity index is 1.39. The van der Waals surface area contributed by atoms with E-state index in [1.807, 2.05) is 48.7 Å². The minimum absolute atomic E-state index is 0.0648. The highest BCUT2D eigenvalue weighted by Gasteiger charge is 2.30. The molecule has 222 valence electrons. The average molecular weight is 597 g/mol. The third-order valence-corrected chi connectivity index (χ3v) is 7.88. The van der Waals surface area contributed by atoms with Gasteiger partial charge in [-0.15, -0.1) is 11.3 Å². The second-order valence-corrected chi connectivity index (χ2v) is 11.7. The summed E-state index contributed by atoms with van der Waals surface area (Å²) < 4.78 is 44.8. The van der Waals surface area contributed by atoms with E-state index >= 15 is 0 Å². The maximum Gasteiger partial charge on any atom is 0.416 e. The number of hydrogen-bond acceptors (Lipinski definition) is 5. The molecule has 4 aromatic rings. The molecule has 9 heteroatoms. The van der Waals surface area contributed by atoms with Gasteiger partial charge in [-0.1, -0.05) is 69.3 Å². The lowest BCUT2D eigenvalue weighted by molar-refractivity contribution is -0.138. The molecule has 0 saturated carbocycles. The summed E-state index contributed by atoms with van der Waals surface area (Å²) in [6, 6.07) is 20.9. The molecule has 1 N–H and O–H groups in total. The predicted octanol–water partition coefficient (Wildman–Crippen LogP) is 9.04. The summed E-state index contributed by atoms with van der Waals surface area (Å²) >= 11 is 1.49. The maximum atomic E-state index is 13.0. The number of carboxylic acid groups (broad SMARTS) is 1. The van der Waals surface area contributed by atoms with Gasteiger partial charge in [0.25, 0.3) is 0 Å². The van der Waals surface area contributed by atoms with Crippen LogP contribution < -0.4 is 9.64 Å². The summed E-state index contributed by atoms with van der Waals surface area (Å²) in [4.78, 5) is 17.9. The maximum absolute atomic E-state index is 13.0. The fourth-order valence-electron chi connectivity index (χ4n) is 4.43. The predicted molar refractivity (Wildman–Crippen MR) is 161 cm³/mol. The number of aromatic nitrogens is 1. The number of nitrogens with zero attached hydrogens (tertiary/aromatic N) is 2. The van der Waals surface area contributed by atoms with E-state index in [-0.39, 0.29) is 12.3 Å². The van der Waals surface area contributed by atoms with Crippen molar-refractivity contribution >= 4 is 22.4 Å². The van der Waals surface area contributed by atoms with Gasteiger partial charge in [-0.25, -0.2) is 4.98 Å². The molecule has 0 radical (unpaired) electrons. The molecule has 0 fully saturated rings. The van der Waals surface area contributed by atoms with Crippen molar-refractivity contribution in [3.63, 3.8) is 0 Å². The lowest BCUT2D eigenvalue weighted by Crippen LogP contribution is -2.24. The van der Waals surface area contributed by atoms with E-state index in [1.165, 1.54) is 23.5 Å². The van der Waals surface area contributed by atoms with Crippen molar-refractivity contribution in [1.29, 1.82) is 0 Å². The van der Waals surface area contributed by atoms with Gasteiger partial charge < -0.3 is 14.7 Å². The van der Waals surface area contributed by atoms with Gasteiger partial charge in [0.05, 0.1) is 17.7 Å². The minimum atomic E-state index is -4.37. The summed E-state index contributed by atoms with van der Waals surface area (Å²) in [6.07, 6.45) is -3.30. The van der Waals surface area contributed by atoms with Crippen LogP contribution in [0.3, 0.4) is 0 Å². The summed E-state index contributed by atoms with van der Waals surface area (Å²) in [7, 11) is 0. The third kappa shape index (κ3) is 8.82. The quantitative estimate of drug-likeness (QED) is 0.167. The number of aliphatic carboxylic acids is 1. The third-order valence-electron chi connectivity index (χ3n) is 6.98. The Kier molecular flexibility index (Phi) is 10.3. The molecule has 42 heavy (non-hydrogen) atoms. The number of carboxylic acids is 1. The van der Waals surface area contributed by atoms with Gasteiger partial charge in [0.1, 0.15) is 12.4 Å². The molecule has 5 nitrogen and oxygen atoms in total. The van der Waals surface area contributed by atoms with Crippen molar-refractivity contribution in [1.82, 2.24) is 4.98 Å². The number of hydrogen-bond donors (Lipinski definition) is 1. The van der Waals surface area contributed by atoms with Crippen LogP contribution in [0.25, 0.3) is 11.3 Å². The zero-order valence-corrected chi connectivity index (χ0v) is 24.7. The summed E-state index contributed by atoms with van der Waals surface area (Å²) in [5, 5.41) is 11.7. The lowest BCUT2D eigenvalue weighted by Gasteiger charge is -2.23. The van der Waals surface area contributed by atoms with Crippen LogP contribution in [0.15, 0.2) is 78.2 Å². The largest absolute Gasteiger partial charge is 0.489 e. The second-order valence-electron chi connectivity index (χ2n) is 10.9. The molecule has 0 aliphatic rings. The van der Waals surface area contributed by atoms with Crippen LogP contribution in [-0.2, 0) is 24.1 Å². The Morgan fingerprint density at radius 1 is 0.952 bits per heavy atom. The first-order valence-electron chi connectivity index (χ1n) is 13.9. The molecular formula is C33H35F3N2O3S. The molecule has 1 aromatic heterocycles. The molecule has 0 amide bonds. The van der Waals surface area contributed by atoms with Gasteiger partial charge in [0.15, 0.2) is 5.13 Å². The average Bonchev–Trinajstić information content (AvgIpc) is 3.44. The molecule has 0 aliphatic heterocycles. The lowest BCUT2D eigenvalue weighted by atomic mass is 9.98. The van der Waals surface area contributed by atoms with E-state index in [1.54, 1.807) is 0 Å². The Morgan fingerprint density at radius 3 is 2.19 bits per heavy atom. The van der Waals surface area contributed by atoms with Gasteiger partial charge in [0.2, 0.25) is 0 Å². The number of thiazole rings is 1. The smallest absolute Gasteiger partial charge is 0.416 e. The first kappa shape index (κ1) is 31.1. The van der Waals surface area contributed by atoms with E-state index in [9.17, 15) is 18.0 Å². The highest BCUT2D eigenvalue weighted by atomic mass is 32.1. The molecule has 3 aromatic carbocycles. The van der Waals surface area contributed by atoms with Gasteiger partial charge in [-0.05, 0) is 59.2 Å². The molecule has 4 rings (SSSR count). The first-order chi connectivity index (χ1) is 20.0. The number of alkyl halides is 3. The van der Waals surface area contributed by atoms with Gasteiger partial charge >= 0.3 is 12.1 Å². The van der Waals surface area contributed by atoms with E-state index in [4.69, 9.17) is 14.8 Å². The standard InChI is InChI=1S/C33H35F3N2O3S/c1-22(2)16-17-38(32-37-30(21-42-32)27-8-12-28(13-9-27)33(34,35)36)19-24-4-6-25(7-5-24)20-41-29-14-10-26(11-15-29)23(3)18-31(39)40/h4-15,21-23H,16-20H2,1-3H3,(H,39,40). The molecule has 1 unspecified atom stereocenters. The molecular weight excluding hydrogens is 561 g/mol. The molecule has 1 heterocycles. The van der Waals surface area contributed by atoms with Gasteiger partial charge in [0, 0.05) is 24.0 Å². The van der Waals surface area contributed by atoms with Gasteiger partial charge in [-0.2, -0.15) is 13.2 Å². The van der Waals surface area contributed by atoms with E-state index in [0.717, 1.165) is 52.7 Å². The molecule has 0 spiro atoms. The fraction of sp³-hybridized carbons (Fsp3) is 0.333. The van der Waals surface area contributed by atoms with Crippen LogP contribution in [0.4, 0.5) is 18.3 Å². The number of rotatable bonds is 13. The van der Waals surface area contributed by atoms with Crippen molar-refractivity contribution < 1.29 is 27.8 Å². The second kappa shape index (κ2) is 13.9. The summed E-state index contributed by atoms with van der Waals surface area (Å²) in [5.41, 5.74) is 3.75. The number of anilines is 1. The molecule has 0 aliphatic carbocycles. The monoisotopic (exact) mass is 596 g/mol. The molecule has 0 bridgehead atoms. The van der Waals surface area contributed by atoms with Crippen LogP contribution >= 0.6 is 11.3 Å². The number of halogens is 3. The van der Waals surface area contributed by atoms with Crippen molar-refractivity contribution in [3.8, 4) is 17.0 Å². The Morgan fingerprint density at radius 2 is 1.60 bits per heavy atom. The van der Waals surface area contributed by atoms with Gasteiger partial charge in [-0.3, -0.25) is 4.79 Å². The minimum Gasteiger partial charge on any atom is -0.489 e. The van der Waals surface area contributed by atoms with E-state index in [2.05, 4.69) is 30.9 Å². The van der Waals surface area contributed by atoms with Crippen molar-refractivity contribution in [2.75, 3.05) is 11.4 Å². The number of carbonyl (C=O) groups is 1. The normalized spacial score (nSPS) is 12.4. The fourth-order valence-corrected chi connectivity index (χ4v) is 5.29. The van der Waals surface area contributed by atoms with Crippen LogP contribution in [-0.4, -0.2) is 22.6 Å². The first-order valence-corrected chi connectivity index (χ1v) is 14.8. The van der Waals surface area contributed by atoms with E-state index in [0.29, 0.717) is 30.3 Å². The van der Waals surface area contributed by atoms with Crippen LogP contribution in [0.1, 0.15) is 61.8 Å². The number of benzene rings is 3. The zero-order valence-electron chi connectivity index (χ0n) is 23.9. The summed E-state index contributed by atoms with van der Waals surface area (Å²) in [6.45, 7) is 8.11. The van der Waals surface area contributed by atoms with Crippen molar-refractivity contribution in [2.45, 2.75) is 58.9 Å². The number of ether oxygens (including phenoxy) is 1. The Hall–Kier alpha value is -3.85. The summed E-state index contributed by atoms with van der Waals surface area (Å²) in [5.74, 6) is 0.350. The van der Waals surface area contributed by atoms with Crippen molar-refractivity contribution in [2.24, 2.45) is 5.92 Å². The molecule has 1 atom stereocenters. The SMILES string of the molecule is CC(C)CCN(Cc1ccc(COc2ccc(C(C)CC(=O)O)cc2)cc1)c1nc(-c2ccc(C(F)(F)F)cc2)cs1. The highest BCUT2D eigenvalue weighted by molar-refractivity contribution is 7.14. The van der Waals surface area contributed by atoms with E-state index < -0.39 is 17.7 Å². The highest BCUT2D eigenvalue weighted by Crippen LogP contribution is 2.33. The molecule has 0 saturated heterocycles. The zero-order chi connectivity index (χ0) is 30.3. The van der Waals surface area contributed by atoms with Crippen LogP contribution in [0.5, 0.6) is 5.75 Å². The van der Waals surface area contributed by atoms with Crippen LogP contribution in [0.2, 0.25) is 0 Å². The topological polar surface area (TPSA) is 62.7 Å². The van der Waals surface area contributed by atoms with Crippen LogP contribution in [0, 0.1) is 5.92 Å². The Bertz CT molecular complexity index is 1430. The Labute approximate surface area is 248 Å². The van der Waals surface area contributed by atoms with Crippen molar-refractivity contribution in [3.05, 3.63) is 100 Å².